The predicted molar refractivity (Wildman–Crippen MR) is 324 cm³/mol. The molecule has 15 heteroatoms. The monoisotopic (exact) mass is 1570 g/mol. The fourth-order valence-electron chi connectivity index (χ4n) is 8.39. The minimum Gasteiger partial charge on any atom is -0.0622 e. The van der Waals surface area contributed by atoms with E-state index in [1.165, 1.54) is 77.0 Å². The van der Waals surface area contributed by atoms with Crippen LogP contribution in [0.3, 0.4) is 0 Å². The molecule has 0 radical (unpaired) electrons. The molecule has 9 aromatic carbocycles. The van der Waals surface area contributed by atoms with Crippen LogP contribution in [-0.2, 0) is 26.6 Å². The summed E-state index contributed by atoms with van der Waals surface area (Å²) in [4.78, 5) is 21.4. The van der Waals surface area contributed by atoms with Crippen LogP contribution in [0, 0.1) is 17.9 Å². The van der Waals surface area contributed by atoms with E-state index in [9.17, 15) is 35.9 Å². The molecule has 0 fully saturated rings. The summed E-state index contributed by atoms with van der Waals surface area (Å²) < 4.78 is 85.1. The van der Waals surface area contributed by atoms with E-state index in [0.717, 1.165) is 12.1 Å². The Morgan fingerprint density at radius 3 is 0.680 bits per heavy atom. The third-order valence-electron chi connectivity index (χ3n) is 11.6. The second-order valence-electron chi connectivity index (χ2n) is 16.2. The molecule has 0 aliphatic heterocycles. The van der Waals surface area contributed by atoms with E-state index in [2.05, 4.69) is 315 Å². The second kappa shape index (κ2) is 26.5. The Morgan fingerprint density at radius 2 is 0.480 bits per heavy atom. The van der Waals surface area contributed by atoms with Crippen LogP contribution < -0.4 is 0 Å². The molecule has 75 heavy (non-hydrogen) atoms. The standard InChI is InChI=1S/C25H16I4.C25H20.C10H5F6IO4/c26-21-9-1-17(2-10-21)25(18-3-11-22(27)12-4-18,19-5-13-23(28)14-6-19)20-7-15-24(29)16-8-20;1-5-13-21(14-6-1)25(22-15-7-2-8-16-22,23-17-9-3-10-18-23)24-19-11-4-12-20-24;11-9(12,13)7(18)20-17(6-4-2-1-3-5-6)21-8(19)10(14,15)16/h1-16H;1-20H;1-5H. The van der Waals surface area contributed by atoms with E-state index in [0.29, 0.717) is 0 Å². The minimum absolute atomic E-state index is 0.211. The number of hydrogen-bond donors (Lipinski definition) is 0. The Bertz CT molecular complexity index is 2850. The summed E-state index contributed by atoms with van der Waals surface area (Å²) in [5, 5.41) is 0. The van der Waals surface area contributed by atoms with E-state index in [-0.39, 0.29) is 14.4 Å². The Morgan fingerprint density at radius 1 is 0.293 bits per heavy atom. The average molecular weight is 1570 g/mol. The number of carbonyl (C=O) groups is 2. The van der Waals surface area contributed by atoms with Crippen molar-refractivity contribution >= 4 is 123 Å². The summed E-state index contributed by atoms with van der Waals surface area (Å²) in [6.45, 7) is 0. The van der Waals surface area contributed by atoms with E-state index in [1.54, 1.807) is 0 Å². The first-order valence-electron chi connectivity index (χ1n) is 22.5. The third-order valence-corrected chi connectivity index (χ3v) is 17.8. The number of halogens is 11. The van der Waals surface area contributed by atoms with Gasteiger partial charge in [-0.25, -0.2) is 0 Å². The smallest absolute Gasteiger partial charge is 0.0622 e. The first kappa shape index (κ1) is 57.8. The maximum absolute atomic E-state index is 12.1. The van der Waals surface area contributed by atoms with Crippen molar-refractivity contribution in [3.05, 3.63) is 311 Å². The summed E-state index contributed by atoms with van der Waals surface area (Å²) >= 11 is 5.27. The molecule has 0 N–H and O–H groups in total. The first-order valence-corrected chi connectivity index (χ1v) is 29.7. The first-order chi connectivity index (χ1) is 35.9. The Hall–Kier alpha value is -4.85. The van der Waals surface area contributed by atoms with Crippen molar-refractivity contribution in [2.75, 3.05) is 0 Å². The van der Waals surface area contributed by atoms with Gasteiger partial charge in [0.05, 0.1) is 10.8 Å². The molecule has 0 saturated heterocycles. The number of benzene rings is 9. The minimum atomic E-state index is -5.41. The van der Waals surface area contributed by atoms with Crippen LogP contribution in [-0.4, -0.2) is 24.3 Å². The van der Waals surface area contributed by atoms with Crippen LogP contribution >= 0.6 is 111 Å². The zero-order valence-corrected chi connectivity index (χ0v) is 49.7. The molecule has 0 atom stereocenters. The molecule has 0 bridgehead atoms. The number of carbonyl (C=O) groups excluding carboxylic acids is 2. The molecule has 0 spiro atoms. The van der Waals surface area contributed by atoms with Crippen molar-refractivity contribution in [3.63, 3.8) is 0 Å². The molecular formula is C60H41F6I5O4. The average Bonchev–Trinajstić information content (AvgIpc) is 3.42. The van der Waals surface area contributed by atoms with Crippen LogP contribution in [0.25, 0.3) is 0 Å². The maximum Gasteiger partial charge on any atom is 0.0701 e. The Kier molecular flexibility index (Phi) is 20.4. The molecule has 0 aromatic heterocycles. The van der Waals surface area contributed by atoms with Crippen LogP contribution in [0.1, 0.15) is 44.5 Å². The SMILES string of the molecule is Ic1ccc(C(c2ccc(I)cc2)(c2ccc(I)cc2)c2ccc(I)cc2)cc1.O=C(OI(OC(=O)C(F)(F)F)c1ccccc1)C(F)(F)F.c1ccc(C(c2ccccc2)(c2ccccc2)c2ccccc2)cc1. The van der Waals surface area contributed by atoms with Crippen molar-refractivity contribution in [1.82, 2.24) is 0 Å². The van der Waals surface area contributed by atoms with Crippen LogP contribution in [0.15, 0.2) is 249 Å². The molecule has 4 nitrogen and oxygen atoms in total. The number of alkyl halides is 6. The quantitative estimate of drug-likeness (QED) is 0.0736. The van der Waals surface area contributed by atoms with Crippen molar-refractivity contribution in [1.29, 1.82) is 0 Å². The molecule has 0 aliphatic carbocycles. The summed E-state index contributed by atoms with van der Waals surface area (Å²) in [6.07, 6.45) is -10.8. The molecule has 0 aliphatic rings. The van der Waals surface area contributed by atoms with Crippen molar-refractivity contribution < 1.29 is 42.1 Å². The zero-order valence-electron chi connectivity index (χ0n) is 39.0. The number of hydrogen-bond acceptors (Lipinski definition) is 4. The fraction of sp³-hybridized carbons (Fsp3) is 0.0667. The van der Waals surface area contributed by atoms with Gasteiger partial charge in [0.1, 0.15) is 0 Å². The Balaban J connectivity index is 0.000000167. The summed E-state index contributed by atoms with van der Waals surface area (Å²) in [5.74, 6) is -5.43. The van der Waals surface area contributed by atoms with Crippen LogP contribution in [0.2, 0.25) is 0 Å². The van der Waals surface area contributed by atoms with Gasteiger partial charge in [0.25, 0.3) is 0 Å². The summed E-state index contributed by atoms with van der Waals surface area (Å²) in [5.41, 5.74) is 9.52. The van der Waals surface area contributed by atoms with Crippen molar-refractivity contribution in [2.45, 2.75) is 23.2 Å². The van der Waals surface area contributed by atoms with Gasteiger partial charge in [-0.3, -0.25) is 0 Å². The number of rotatable bonds is 11. The van der Waals surface area contributed by atoms with Crippen LogP contribution in [0.5, 0.6) is 0 Å². The van der Waals surface area contributed by atoms with Gasteiger partial charge in [0.2, 0.25) is 0 Å². The van der Waals surface area contributed by atoms with Gasteiger partial charge in [-0.15, -0.1) is 0 Å². The topological polar surface area (TPSA) is 52.6 Å². The molecular weight excluding hydrogens is 1530 g/mol. The molecule has 9 aromatic rings. The van der Waals surface area contributed by atoms with Gasteiger partial charge in [-0.05, 0) is 183 Å². The predicted octanol–water partition coefficient (Wildman–Crippen LogP) is 18.0. The molecule has 0 saturated carbocycles. The maximum atomic E-state index is 12.1. The van der Waals surface area contributed by atoms with Gasteiger partial charge in [-0.2, -0.15) is 0 Å². The largest absolute Gasteiger partial charge is 0.0701 e. The second-order valence-corrected chi connectivity index (χ2v) is 24.6. The van der Waals surface area contributed by atoms with Gasteiger partial charge in [-0.1, -0.05) is 170 Å². The zero-order chi connectivity index (χ0) is 53.6. The van der Waals surface area contributed by atoms with Crippen molar-refractivity contribution in [3.8, 4) is 0 Å². The van der Waals surface area contributed by atoms with Gasteiger partial charge < -0.3 is 0 Å². The molecule has 9 rings (SSSR count). The van der Waals surface area contributed by atoms with E-state index >= 15 is 0 Å². The van der Waals surface area contributed by atoms with Gasteiger partial charge in [0.15, 0.2) is 0 Å². The van der Waals surface area contributed by atoms with E-state index < -0.39 is 44.9 Å². The van der Waals surface area contributed by atoms with Crippen LogP contribution in [0.4, 0.5) is 26.3 Å². The van der Waals surface area contributed by atoms with Crippen molar-refractivity contribution in [2.24, 2.45) is 0 Å². The Labute approximate surface area is 493 Å². The third kappa shape index (κ3) is 14.4. The normalized spacial score (nSPS) is 11.7. The molecule has 382 valence electrons. The van der Waals surface area contributed by atoms with Gasteiger partial charge in [0, 0.05) is 14.3 Å². The molecule has 0 heterocycles. The van der Waals surface area contributed by atoms with Gasteiger partial charge >= 0.3 is 121 Å². The fourth-order valence-corrected chi connectivity index (χ4v) is 12.7. The summed E-state index contributed by atoms with van der Waals surface area (Å²) in [6, 6.07) is 85.1. The summed E-state index contributed by atoms with van der Waals surface area (Å²) in [7, 11) is 0. The molecule has 0 unspecified atom stereocenters. The van der Waals surface area contributed by atoms with E-state index in [1.807, 2.05) is 0 Å². The van der Waals surface area contributed by atoms with E-state index in [4.69, 9.17) is 0 Å². The molecule has 0 amide bonds.